The van der Waals surface area contributed by atoms with Gasteiger partial charge < -0.3 is 5.32 Å². The molecule has 2 nitrogen and oxygen atoms in total. The summed E-state index contributed by atoms with van der Waals surface area (Å²) in [5.74, 6) is 1.82. The molecule has 2 rings (SSSR count). The number of thioether (sulfide) groups is 1. The lowest BCUT2D eigenvalue weighted by atomic mass is 10.1. The maximum absolute atomic E-state index is 11.8. The molecular weight excluding hydrogens is 254 g/mol. The standard InChI is InChI=1S/C13H16ClNOS/c14-8-10-3-5-11(6-4-10)9-15-13(16)12-2-1-7-17-12/h3-6,12H,1-2,7-9H2,(H,15,16). The number of amides is 1. The van der Waals surface area contributed by atoms with Gasteiger partial charge in [0, 0.05) is 12.4 Å². The van der Waals surface area contributed by atoms with Gasteiger partial charge in [-0.15, -0.1) is 23.4 Å². The van der Waals surface area contributed by atoms with Crippen LogP contribution in [-0.4, -0.2) is 16.9 Å². The molecular formula is C13H16ClNOS. The van der Waals surface area contributed by atoms with Crippen LogP contribution in [0, 0.1) is 0 Å². The first-order chi connectivity index (χ1) is 8.29. The number of rotatable bonds is 4. The summed E-state index contributed by atoms with van der Waals surface area (Å²) in [6.07, 6.45) is 2.18. The van der Waals surface area contributed by atoms with Gasteiger partial charge in [-0.1, -0.05) is 24.3 Å². The van der Waals surface area contributed by atoms with Crippen molar-refractivity contribution in [3.8, 4) is 0 Å². The number of hydrogen-bond donors (Lipinski definition) is 1. The van der Waals surface area contributed by atoms with E-state index >= 15 is 0 Å². The van der Waals surface area contributed by atoms with Gasteiger partial charge >= 0.3 is 0 Å². The highest BCUT2D eigenvalue weighted by molar-refractivity contribution is 8.00. The highest BCUT2D eigenvalue weighted by Crippen LogP contribution is 2.26. The zero-order valence-electron chi connectivity index (χ0n) is 9.62. The van der Waals surface area contributed by atoms with E-state index in [1.807, 2.05) is 24.3 Å². The Hall–Kier alpha value is -0.670. The zero-order chi connectivity index (χ0) is 12.1. The third kappa shape index (κ3) is 3.65. The molecule has 92 valence electrons. The van der Waals surface area contributed by atoms with Gasteiger partial charge in [0.1, 0.15) is 0 Å². The molecule has 1 aromatic carbocycles. The number of hydrogen-bond acceptors (Lipinski definition) is 2. The summed E-state index contributed by atoms with van der Waals surface area (Å²) in [5, 5.41) is 3.15. The number of nitrogens with one attached hydrogen (secondary N) is 1. The van der Waals surface area contributed by atoms with Crippen LogP contribution in [0.5, 0.6) is 0 Å². The molecule has 0 spiro atoms. The first kappa shape index (κ1) is 12.8. The van der Waals surface area contributed by atoms with Gasteiger partial charge in [-0.3, -0.25) is 4.79 Å². The summed E-state index contributed by atoms with van der Waals surface area (Å²) in [5.41, 5.74) is 2.23. The van der Waals surface area contributed by atoms with E-state index in [1.165, 1.54) is 0 Å². The quantitative estimate of drug-likeness (QED) is 0.852. The average Bonchev–Trinajstić information content (AvgIpc) is 2.90. The molecule has 1 aliphatic heterocycles. The average molecular weight is 270 g/mol. The van der Waals surface area contributed by atoms with E-state index in [4.69, 9.17) is 11.6 Å². The lowest BCUT2D eigenvalue weighted by Gasteiger charge is -2.10. The van der Waals surface area contributed by atoms with Crippen molar-refractivity contribution in [2.45, 2.75) is 30.5 Å². The topological polar surface area (TPSA) is 29.1 Å². The number of benzene rings is 1. The van der Waals surface area contributed by atoms with Gasteiger partial charge in [-0.25, -0.2) is 0 Å². The highest BCUT2D eigenvalue weighted by atomic mass is 35.5. The highest BCUT2D eigenvalue weighted by Gasteiger charge is 2.22. The van der Waals surface area contributed by atoms with E-state index in [-0.39, 0.29) is 11.2 Å². The first-order valence-electron chi connectivity index (χ1n) is 5.82. The van der Waals surface area contributed by atoms with Gasteiger partial charge in [-0.2, -0.15) is 0 Å². The minimum atomic E-state index is 0.164. The minimum Gasteiger partial charge on any atom is -0.351 e. The maximum atomic E-state index is 11.8. The zero-order valence-corrected chi connectivity index (χ0v) is 11.2. The van der Waals surface area contributed by atoms with Crippen LogP contribution in [0.15, 0.2) is 24.3 Å². The Kier molecular flexibility index (Phi) is 4.75. The van der Waals surface area contributed by atoms with Crippen LogP contribution in [0.1, 0.15) is 24.0 Å². The van der Waals surface area contributed by atoms with Crippen LogP contribution >= 0.6 is 23.4 Å². The summed E-state index contributed by atoms with van der Waals surface area (Å²) in [7, 11) is 0. The van der Waals surface area contributed by atoms with Gasteiger partial charge in [-0.05, 0) is 29.7 Å². The molecule has 0 radical (unpaired) electrons. The Morgan fingerprint density at radius 1 is 1.35 bits per heavy atom. The normalized spacial score (nSPS) is 19.2. The van der Waals surface area contributed by atoms with Crippen LogP contribution in [0.25, 0.3) is 0 Å². The fraction of sp³-hybridized carbons (Fsp3) is 0.462. The number of carbonyl (C=O) groups excluding carboxylic acids is 1. The summed E-state index contributed by atoms with van der Waals surface area (Å²) in [4.78, 5) is 11.8. The second-order valence-corrected chi connectivity index (χ2v) is 5.75. The molecule has 1 fully saturated rings. The van der Waals surface area contributed by atoms with Crippen molar-refractivity contribution >= 4 is 29.3 Å². The van der Waals surface area contributed by atoms with Gasteiger partial charge in [0.25, 0.3) is 0 Å². The van der Waals surface area contributed by atoms with E-state index in [9.17, 15) is 4.79 Å². The van der Waals surface area contributed by atoms with Gasteiger partial charge in [0.15, 0.2) is 0 Å². The third-order valence-electron chi connectivity index (χ3n) is 2.87. The molecule has 1 atom stereocenters. The fourth-order valence-electron chi connectivity index (χ4n) is 1.83. The summed E-state index contributed by atoms with van der Waals surface area (Å²) >= 11 is 7.48. The minimum absolute atomic E-state index is 0.164. The van der Waals surface area contributed by atoms with Gasteiger partial charge in [0.2, 0.25) is 5.91 Å². The first-order valence-corrected chi connectivity index (χ1v) is 7.41. The molecule has 0 saturated carbocycles. The van der Waals surface area contributed by atoms with E-state index in [0.717, 1.165) is 29.7 Å². The van der Waals surface area contributed by atoms with E-state index in [1.54, 1.807) is 11.8 Å². The summed E-state index contributed by atoms with van der Waals surface area (Å²) < 4.78 is 0. The molecule has 1 amide bonds. The van der Waals surface area contributed by atoms with E-state index in [2.05, 4.69) is 5.32 Å². The van der Waals surface area contributed by atoms with Crippen LogP contribution in [0.4, 0.5) is 0 Å². The van der Waals surface area contributed by atoms with E-state index < -0.39 is 0 Å². The molecule has 1 aromatic rings. The molecule has 1 heterocycles. The molecule has 0 aliphatic carbocycles. The largest absolute Gasteiger partial charge is 0.351 e. The van der Waals surface area contributed by atoms with Crippen molar-refractivity contribution in [3.63, 3.8) is 0 Å². The monoisotopic (exact) mass is 269 g/mol. The molecule has 1 saturated heterocycles. The van der Waals surface area contributed by atoms with Crippen LogP contribution < -0.4 is 5.32 Å². The Morgan fingerprint density at radius 3 is 2.65 bits per heavy atom. The van der Waals surface area contributed by atoms with Crippen LogP contribution in [0.2, 0.25) is 0 Å². The van der Waals surface area contributed by atoms with Crippen molar-refractivity contribution in [3.05, 3.63) is 35.4 Å². The van der Waals surface area contributed by atoms with E-state index in [0.29, 0.717) is 12.4 Å². The predicted molar refractivity (Wildman–Crippen MR) is 73.3 cm³/mol. The second-order valence-electron chi connectivity index (χ2n) is 4.17. The van der Waals surface area contributed by atoms with Crippen LogP contribution in [0.3, 0.4) is 0 Å². The second kappa shape index (κ2) is 6.31. The Labute approximate surface area is 111 Å². The third-order valence-corrected chi connectivity index (χ3v) is 4.55. The Morgan fingerprint density at radius 2 is 2.06 bits per heavy atom. The number of carbonyl (C=O) groups is 1. The number of halogens is 1. The van der Waals surface area contributed by atoms with Crippen molar-refractivity contribution in [2.75, 3.05) is 5.75 Å². The SMILES string of the molecule is O=C(NCc1ccc(CCl)cc1)C1CCCS1. The lowest BCUT2D eigenvalue weighted by Crippen LogP contribution is -2.30. The van der Waals surface area contributed by atoms with Crippen molar-refractivity contribution in [2.24, 2.45) is 0 Å². The Bertz CT molecular complexity index is 374. The fourth-order valence-corrected chi connectivity index (χ4v) is 3.20. The molecule has 1 aliphatic rings. The van der Waals surface area contributed by atoms with Gasteiger partial charge in [0.05, 0.1) is 5.25 Å². The molecule has 17 heavy (non-hydrogen) atoms. The Balaban J connectivity index is 1.82. The smallest absolute Gasteiger partial charge is 0.233 e. The van der Waals surface area contributed by atoms with Crippen molar-refractivity contribution in [1.82, 2.24) is 5.32 Å². The molecule has 0 bridgehead atoms. The van der Waals surface area contributed by atoms with Crippen LogP contribution in [-0.2, 0) is 17.2 Å². The molecule has 4 heteroatoms. The maximum Gasteiger partial charge on any atom is 0.233 e. The molecule has 1 unspecified atom stereocenters. The molecule has 1 N–H and O–H groups in total. The molecule has 0 aromatic heterocycles. The summed E-state index contributed by atoms with van der Waals surface area (Å²) in [6, 6.07) is 8.02. The summed E-state index contributed by atoms with van der Waals surface area (Å²) in [6.45, 7) is 0.610. The van der Waals surface area contributed by atoms with Crippen molar-refractivity contribution < 1.29 is 4.79 Å². The number of alkyl halides is 1. The van der Waals surface area contributed by atoms with Crippen molar-refractivity contribution in [1.29, 1.82) is 0 Å². The predicted octanol–water partition coefficient (Wildman–Crippen LogP) is 2.94. The lowest BCUT2D eigenvalue weighted by molar-refractivity contribution is -0.120.